The molecule has 1 saturated carbocycles. The second-order valence-corrected chi connectivity index (χ2v) is 9.31. The van der Waals surface area contributed by atoms with E-state index in [0.29, 0.717) is 55.2 Å². The van der Waals surface area contributed by atoms with Crippen molar-refractivity contribution in [2.45, 2.75) is 50.6 Å². The number of aromatic nitrogens is 2. The van der Waals surface area contributed by atoms with E-state index >= 15 is 0 Å². The molecule has 1 aromatic carbocycles. The van der Waals surface area contributed by atoms with Crippen LogP contribution in [0.2, 0.25) is 0 Å². The minimum atomic E-state index is -0.161. The van der Waals surface area contributed by atoms with E-state index in [1.165, 1.54) is 12.8 Å². The van der Waals surface area contributed by atoms with Gasteiger partial charge >= 0.3 is 0 Å². The molecule has 2 amide bonds. The SMILES string of the molecule is COc1cc(C(=O)N[C@H]2CCOC2)ccc1Nc1ncc2c(n1)N(C1CCCC1)CCC(=O)N2C. The highest BCUT2D eigenvalue weighted by Gasteiger charge is 2.31. The van der Waals surface area contributed by atoms with Gasteiger partial charge in [-0.1, -0.05) is 12.8 Å². The Kier molecular flexibility index (Phi) is 6.72. The minimum Gasteiger partial charge on any atom is -0.495 e. The number of fused-ring (bicyclic) bond motifs is 1. The number of carbonyl (C=O) groups is 2. The molecule has 5 rings (SSSR count). The van der Waals surface area contributed by atoms with E-state index in [4.69, 9.17) is 14.5 Å². The second-order valence-electron chi connectivity index (χ2n) is 9.31. The summed E-state index contributed by atoms with van der Waals surface area (Å²) in [5.41, 5.74) is 1.88. The Hall–Kier alpha value is -3.40. The van der Waals surface area contributed by atoms with E-state index < -0.39 is 0 Å². The van der Waals surface area contributed by atoms with Crippen molar-refractivity contribution in [3.8, 4) is 5.75 Å². The van der Waals surface area contributed by atoms with Crippen molar-refractivity contribution in [1.82, 2.24) is 15.3 Å². The average Bonchev–Trinajstić information content (AvgIpc) is 3.57. The van der Waals surface area contributed by atoms with Crippen molar-refractivity contribution >= 4 is 35.0 Å². The number of ether oxygens (including phenoxy) is 2. The minimum absolute atomic E-state index is 0.0344. The van der Waals surface area contributed by atoms with Gasteiger partial charge in [-0.05, 0) is 37.5 Å². The first-order chi connectivity index (χ1) is 17.0. The van der Waals surface area contributed by atoms with Gasteiger partial charge in [-0.3, -0.25) is 9.59 Å². The molecule has 2 fully saturated rings. The third kappa shape index (κ3) is 4.88. The van der Waals surface area contributed by atoms with Crippen LogP contribution in [0.1, 0.15) is 48.9 Å². The van der Waals surface area contributed by atoms with Gasteiger partial charge in [0.2, 0.25) is 11.9 Å². The lowest BCUT2D eigenvalue weighted by Crippen LogP contribution is -2.35. The van der Waals surface area contributed by atoms with E-state index in [0.717, 1.165) is 30.8 Å². The van der Waals surface area contributed by atoms with Crippen LogP contribution in [0, 0.1) is 0 Å². The number of hydrogen-bond acceptors (Lipinski definition) is 8. The largest absolute Gasteiger partial charge is 0.495 e. The molecule has 0 spiro atoms. The molecular weight excluding hydrogens is 448 g/mol. The number of rotatable bonds is 6. The molecule has 1 aliphatic carbocycles. The van der Waals surface area contributed by atoms with E-state index in [2.05, 4.69) is 20.5 Å². The lowest BCUT2D eigenvalue weighted by molar-refractivity contribution is -0.118. The van der Waals surface area contributed by atoms with Crippen LogP contribution in [-0.4, -0.2) is 67.8 Å². The average molecular weight is 481 g/mol. The highest BCUT2D eigenvalue weighted by Crippen LogP contribution is 2.37. The van der Waals surface area contributed by atoms with Gasteiger partial charge in [-0.25, -0.2) is 4.98 Å². The van der Waals surface area contributed by atoms with Crippen LogP contribution in [0.4, 0.5) is 23.1 Å². The maximum absolute atomic E-state index is 12.6. The molecule has 10 nitrogen and oxygen atoms in total. The molecule has 186 valence electrons. The van der Waals surface area contributed by atoms with Crippen molar-refractivity contribution < 1.29 is 19.1 Å². The maximum atomic E-state index is 12.6. The van der Waals surface area contributed by atoms with Crippen LogP contribution >= 0.6 is 0 Å². The molecular formula is C25H32N6O4. The molecule has 1 aromatic heterocycles. The Balaban J connectivity index is 1.40. The van der Waals surface area contributed by atoms with Gasteiger partial charge in [0, 0.05) is 38.2 Å². The van der Waals surface area contributed by atoms with Gasteiger partial charge in [-0.15, -0.1) is 0 Å². The zero-order valence-electron chi connectivity index (χ0n) is 20.2. The van der Waals surface area contributed by atoms with Crippen molar-refractivity contribution in [1.29, 1.82) is 0 Å². The lowest BCUT2D eigenvalue weighted by Gasteiger charge is -2.30. The number of amides is 2. The second kappa shape index (κ2) is 10.1. The molecule has 35 heavy (non-hydrogen) atoms. The van der Waals surface area contributed by atoms with Crippen molar-refractivity contribution in [3.63, 3.8) is 0 Å². The van der Waals surface area contributed by atoms with Crippen molar-refractivity contribution in [2.75, 3.05) is 49.0 Å². The summed E-state index contributed by atoms with van der Waals surface area (Å²) in [6.45, 7) is 1.85. The zero-order valence-corrected chi connectivity index (χ0v) is 20.2. The Morgan fingerprint density at radius 1 is 1.23 bits per heavy atom. The predicted molar refractivity (Wildman–Crippen MR) is 133 cm³/mol. The van der Waals surface area contributed by atoms with Crippen LogP contribution in [0.3, 0.4) is 0 Å². The van der Waals surface area contributed by atoms with Gasteiger partial charge in [-0.2, -0.15) is 4.98 Å². The standard InChI is InChI=1S/C25H32N6O4/c1-30-20-14-26-25(29-23(20)31(11-9-22(30)32)18-5-3-4-6-18)28-19-8-7-16(13-21(19)34-2)24(33)27-17-10-12-35-15-17/h7-8,13-14,17-18H,3-6,9-12,15H2,1-2H3,(H,27,33)(H,26,28,29)/t17-/m0/s1. The first kappa shape index (κ1) is 23.3. The van der Waals surface area contributed by atoms with Crippen LogP contribution < -0.4 is 25.2 Å². The maximum Gasteiger partial charge on any atom is 0.251 e. The fraction of sp³-hybridized carbons (Fsp3) is 0.520. The number of anilines is 4. The summed E-state index contributed by atoms with van der Waals surface area (Å²) in [5.74, 6) is 1.60. The smallest absolute Gasteiger partial charge is 0.251 e. The fourth-order valence-electron chi connectivity index (χ4n) is 5.04. The molecule has 1 atom stereocenters. The van der Waals surface area contributed by atoms with E-state index in [-0.39, 0.29) is 17.9 Å². The lowest BCUT2D eigenvalue weighted by atomic mass is 10.1. The van der Waals surface area contributed by atoms with Gasteiger partial charge < -0.3 is 29.9 Å². The summed E-state index contributed by atoms with van der Waals surface area (Å²) >= 11 is 0. The Bertz CT molecular complexity index is 1100. The van der Waals surface area contributed by atoms with E-state index in [1.807, 2.05) is 0 Å². The number of carbonyl (C=O) groups excluding carboxylic acids is 2. The number of nitrogens with one attached hydrogen (secondary N) is 2. The Morgan fingerprint density at radius 3 is 2.80 bits per heavy atom. The molecule has 0 bridgehead atoms. The van der Waals surface area contributed by atoms with E-state index in [1.54, 1.807) is 43.5 Å². The Morgan fingerprint density at radius 2 is 2.06 bits per heavy atom. The van der Waals surface area contributed by atoms with Crippen LogP contribution in [0.15, 0.2) is 24.4 Å². The van der Waals surface area contributed by atoms with Crippen LogP contribution in [0.25, 0.3) is 0 Å². The van der Waals surface area contributed by atoms with Crippen molar-refractivity contribution in [3.05, 3.63) is 30.0 Å². The third-order valence-electron chi connectivity index (χ3n) is 7.06. The zero-order chi connectivity index (χ0) is 24.4. The van der Waals surface area contributed by atoms with Gasteiger partial charge in [0.25, 0.3) is 5.91 Å². The molecule has 1 saturated heterocycles. The summed E-state index contributed by atoms with van der Waals surface area (Å²) in [7, 11) is 3.34. The highest BCUT2D eigenvalue weighted by atomic mass is 16.5. The van der Waals surface area contributed by atoms with E-state index in [9.17, 15) is 9.59 Å². The molecule has 10 heteroatoms. The summed E-state index contributed by atoms with van der Waals surface area (Å²) in [6, 6.07) is 5.66. The first-order valence-corrected chi connectivity index (χ1v) is 12.3. The molecule has 3 aliphatic rings. The van der Waals surface area contributed by atoms with Gasteiger partial charge in [0.15, 0.2) is 5.82 Å². The molecule has 3 heterocycles. The quantitative estimate of drug-likeness (QED) is 0.650. The number of hydrogen-bond donors (Lipinski definition) is 2. The van der Waals surface area contributed by atoms with Crippen LogP contribution in [0.5, 0.6) is 5.75 Å². The Labute approximate surface area is 205 Å². The molecule has 0 unspecified atom stereocenters. The summed E-state index contributed by atoms with van der Waals surface area (Å²) in [6.07, 6.45) is 7.58. The normalized spacial score (nSPS) is 20.5. The molecule has 0 radical (unpaired) electrons. The fourth-order valence-corrected chi connectivity index (χ4v) is 5.04. The van der Waals surface area contributed by atoms with Gasteiger partial charge in [0.05, 0.1) is 31.6 Å². The van der Waals surface area contributed by atoms with Crippen molar-refractivity contribution in [2.24, 2.45) is 0 Å². The monoisotopic (exact) mass is 480 g/mol. The summed E-state index contributed by atoms with van der Waals surface area (Å²) in [5, 5.41) is 6.23. The van der Waals surface area contributed by atoms with Crippen LogP contribution in [-0.2, 0) is 9.53 Å². The predicted octanol–water partition coefficient (Wildman–Crippen LogP) is 2.86. The third-order valence-corrected chi connectivity index (χ3v) is 7.06. The highest BCUT2D eigenvalue weighted by molar-refractivity contribution is 5.97. The topological polar surface area (TPSA) is 109 Å². The number of benzene rings is 1. The molecule has 2 aromatic rings. The molecule has 2 aliphatic heterocycles. The van der Waals surface area contributed by atoms with Gasteiger partial charge in [0.1, 0.15) is 11.4 Å². The first-order valence-electron chi connectivity index (χ1n) is 12.3. The summed E-state index contributed by atoms with van der Waals surface area (Å²) in [4.78, 5) is 38.5. The summed E-state index contributed by atoms with van der Waals surface area (Å²) < 4.78 is 10.9. The number of nitrogens with zero attached hydrogens (tertiary/aromatic N) is 4. The molecule has 2 N–H and O–H groups in total. The number of methoxy groups -OCH3 is 1.